The van der Waals surface area contributed by atoms with Crippen molar-refractivity contribution in [2.24, 2.45) is 0 Å². The number of rotatable bonds is 16. The molecule has 0 atom stereocenters. The van der Waals surface area contributed by atoms with Gasteiger partial charge in [-0.25, -0.2) is 9.59 Å². The van der Waals surface area contributed by atoms with Crippen molar-refractivity contribution in [1.82, 2.24) is 19.8 Å². The Bertz CT molecular complexity index is 3100. The Morgan fingerprint density at radius 3 is 1.50 bits per heavy atom. The number of carbonyl (C=O) groups is 2. The Kier molecular flexibility index (Phi) is 17.7. The van der Waals surface area contributed by atoms with Crippen LogP contribution in [0, 0.1) is 0 Å². The fourth-order valence-corrected chi connectivity index (χ4v) is 9.03. The van der Waals surface area contributed by atoms with Gasteiger partial charge in [0.25, 0.3) is 0 Å². The minimum atomic E-state index is -0.325. The molecule has 6 aromatic carbocycles. The fraction of sp³-hybridized carbons (Fsp3) is 0.267. The lowest BCUT2D eigenvalue weighted by molar-refractivity contribution is 0.0336. The van der Waals surface area contributed by atoms with Crippen LogP contribution in [0.5, 0.6) is 11.5 Å². The number of carbonyl (C=O) groups excluding carboxylic acids is 2. The highest BCUT2D eigenvalue weighted by atomic mass is 16.5. The Morgan fingerprint density at radius 1 is 0.514 bits per heavy atom. The van der Waals surface area contributed by atoms with Gasteiger partial charge in [0.1, 0.15) is 11.5 Å². The number of anilines is 4. The van der Waals surface area contributed by atoms with E-state index in [1.807, 2.05) is 129 Å². The van der Waals surface area contributed by atoms with Crippen molar-refractivity contribution in [1.29, 1.82) is 0 Å². The lowest BCUT2D eigenvalue weighted by Gasteiger charge is -2.26. The van der Waals surface area contributed by atoms with Gasteiger partial charge >= 0.3 is 12.1 Å². The highest BCUT2D eigenvalue weighted by Gasteiger charge is 2.17. The van der Waals surface area contributed by atoms with E-state index >= 15 is 0 Å². The second-order valence-corrected chi connectivity index (χ2v) is 18.1. The first kappa shape index (κ1) is 51.0. The van der Waals surface area contributed by atoms with Crippen LogP contribution in [-0.4, -0.2) is 97.7 Å². The number of urea groups is 2. The maximum Gasteiger partial charge on any atom is 0.323 e. The molecule has 4 amide bonds. The van der Waals surface area contributed by atoms with Crippen LogP contribution in [0.2, 0.25) is 0 Å². The molecule has 0 radical (unpaired) electrons. The van der Waals surface area contributed by atoms with Crippen LogP contribution >= 0.6 is 0 Å². The first-order valence-electron chi connectivity index (χ1n) is 25.6. The number of unbranched alkanes of at least 4 members (excludes halogenated alkanes) is 1. The number of benzene rings is 6. The normalized spacial score (nSPS) is 13.9. The van der Waals surface area contributed by atoms with E-state index < -0.39 is 0 Å². The zero-order valence-corrected chi connectivity index (χ0v) is 42.1. The van der Waals surface area contributed by atoms with Crippen molar-refractivity contribution in [3.05, 3.63) is 169 Å². The quantitative estimate of drug-likeness (QED) is 0.0689. The molecule has 4 N–H and O–H groups in total. The van der Waals surface area contributed by atoms with Crippen LogP contribution in [0.1, 0.15) is 38.1 Å². The van der Waals surface area contributed by atoms with E-state index in [1.54, 1.807) is 0 Å². The smallest absolute Gasteiger partial charge is 0.323 e. The predicted molar refractivity (Wildman–Crippen MR) is 296 cm³/mol. The lowest BCUT2D eigenvalue weighted by atomic mass is 9.98. The topological polar surface area (TPSA) is 151 Å². The summed E-state index contributed by atoms with van der Waals surface area (Å²) in [6.45, 7) is 13.8. The molecule has 8 aromatic rings. The molecule has 0 unspecified atom stereocenters. The van der Waals surface area contributed by atoms with Crippen molar-refractivity contribution in [3.63, 3.8) is 0 Å². The summed E-state index contributed by atoms with van der Waals surface area (Å²) < 4.78 is 22.2. The number of ether oxygens (including phenoxy) is 4. The molecule has 4 heterocycles. The van der Waals surface area contributed by atoms with E-state index in [9.17, 15) is 9.59 Å². The van der Waals surface area contributed by atoms with Crippen LogP contribution in [0.3, 0.4) is 0 Å². The number of pyridine rings is 2. The number of morpholine rings is 2. The average molecular weight is 993 g/mol. The number of nitrogens with one attached hydrogen (secondary N) is 4. The monoisotopic (exact) mass is 992 g/mol. The summed E-state index contributed by atoms with van der Waals surface area (Å²) in [4.78, 5) is 39.8. The second-order valence-electron chi connectivity index (χ2n) is 18.1. The molecule has 2 saturated heterocycles. The van der Waals surface area contributed by atoms with Crippen molar-refractivity contribution < 1.29 is 28.5 Å². The third-order valence-electron chi connectivity index (χ3n) is 12.9. The first-order valence-corrected chi connectivity index (χ1v) is 25.6. The molecule has 2 fully saturated rings. The van der Waals surface area contributed by atoms with Crippen LogP contribution in [0.25, 0.3) is 43.8 Å². The zero-order chi connectivity index (χ0) is 50.9. The number of aromatic nitrogens is 2. The molecule has 74 heavy (non-hydrogen) atoms. The summed E-state index contributed by atoms with van der Waals surface area (Å²) in [7, 11) is 0. The Balaban J connectivity index is 0.000000182. The van der Waals surface area contributed by atoms with Crippen LogP contribution in [0.15, 0.2) is 158 Å². The average Bonchev–Trinajstić information content (AvgIpc) is 3.43. The number of hydrogen-bond acceptors (Lipinski definition) is 10. The summed E-state index contributed by atoms with van der Waals surface area (Å²) in [6.07, 6.45) is 5.98. The molecule has 14 nitrogen and oxygen atoms in total. The van der Waals surface area contributed by atoms with Crippen LogP contribution < -0.4 is 30.7 Å². The predicted octanol–water partition coefficient (Wildman–Crippen LogP) is 12.3. The van der Waals surface area contributed by atoms with Gasteiger partial charge in [-0.3, -0.25) is 19.8 Å². The van der Waals surface area contributed by atoms with Gasteiger partial charge in [0.2, 0.25) is 0 Å². The van der Waals surface area contributed by atoms with Gasteiger partial charge in [0.15, 0.2) is 0 Å². The maximum absolute atomic E-state index is 12.8. The maximum atomic E-state index is 12.8. The zero-order valence-electron chi connectivity index (χ0n) is 42.1. The van der Waals surface area contributed by atoms with Gasteiger partial charge in [0, 0.05) is 79.2 Å². The third-order valence-corrected chi connectivity index (χ3v) is 12.9. The lowest BCUT2D eigenvalue weighted by Crippen LogP contribution is -2.35. The summed E-state index contributed by atoms with van der Waals surface area (Å²) in [5.41, 5.74) is 9.15. The fourth-order valence-electron chi connectivity index (χ4n) is 9.03. The molecule has 14 heteroatoms. The summed E-state index contributed by atoms with van der Waals surface area (Å²) >= 11 is 0. The van der Waals surface area contributed by atoms with Gasteiger partial charge in [-0.2, -0.15) is 0 Å². The van der Waals surface area contributed by atoms with Crippen molar-refractivity contribution in [2.45, 2.75) is 39.8 Å². The summed E-state index contributed by atoms with van der Waals surface area (Å²) in [5, 5.41) is 15.8. The number of hydrogen-bond donors (Lipinski definition) is 4. The number of amides is 4. The molecule has 0 spiro atoms. The Hall–Kier alpha value is -7.88. The van der Waals surface area contributed by atoms with Gasteiger partial charge in [-0.1, -0.05) is 98.3 Å². The number of para-hydroxylation sites is 2. The molecule has 0 bridgehead atoms. The van der Waals surface area contributed by atoms with Crippen LogP contribution in [0.4, 0.5) is 32.3 Å². The van der Waals surface area contributed by atoms with Crippen molar-refractivity contribution in [2.75, 3.05) is 87.1 Å². The number of fused-ring (bicyclic) bond motifs is 2. The molecule has 2 aromatic heterocycles. The van der Waals surface area contributed by atoms with Crippen molar-refractivity contribution in [3.8, 4) is 33.8 Å². The van der Waals surface area contributed by atoms with E-state index in [-0.39, 0.29) is 12.1 Å². The molecule has 380 valence electrons. The Morgan fingerprint density at radius 2 is 1.00 bits per heavy atom. The Labute approximate surface area is 433 Å². The van der Waals surface area contributed by atoms with E-state index in [4.69, 9.17) is 28.9 Å². The third kappa shape index (κ3) is 13.6. The second kappa shape index (κ2) is 25.7. The molecule has 2 aliphatic rings. The van der Waals surface area contributed by atoms with Gasteiger partial charge in [-0.15, -0.1) is 0 Å². The number of nitrogens with zero attached hydrogens (tertiary/aromatic N) is 4. The molecule has 0 saturated carbocycles. The minimum absolute atomic E-state index is 0.295. The highest BCUT2D eigenvalue weighted by molar-refractivity contribution is 6.11. The van der Waals surface area contributed by atoms with Gasteiger partial charge < -0.3 is 40.2 Å². The van der Waals surface area contributed by atoms with Gasteiger partial charge in [0.05, 0.1) is 68.1 Å². The molecule has 2 aliphatic heterocycles. The standard InChI is InChI=1S/C31H34N4O3.C29H30N4O3/c1-2-3-18-38-26-12-10-24(11-13-26)33-31(36)34-30-15-14-27(28-6-4-5-7-29(28)30)23-8-9-25(32-21-23)22-35-16-19-37-20-17-35;1-2-36-28-10-6-5-9-27(28)32-29(34)31-26-14-13-23(24-7-3-4-8-25(24)26)21-11-12-22(30-19-21)20-33-15-17-35-18-16-33/h4-15,21H,2-3,16-20,22H2,1H3,(H2,33,34,36);3-14,19H,2,15-18,20H2,1H3,(H2,31,32,34). The molecular formula is C60H64N8O6. The first-order chi connectivity index (χ1) is 36.4. The summed E-state index contributed by atoms with van der Waals surface area (Å²) in [5.74, 6) is 1.44. The SMILES string of the molecule is CCCCOc1ccc(NC(=O)Nc2ccc(-c3ccc(CN4CCOCC4)nc3)c3ccccc23)cc1.CCOc1ccccc1NC(=O)Nc1ccc(-c2ccc(CN3CCOCC3)nc2)c2ccccc12. The van der Waals surface area contributed by atoms with Gasteiger partial charge in [-0.05, 0) is 95.9 Å². The minimum Gasteiger partial charge on any atom is -0.494 e. The molecular weight excluding hydrogens is 929 g/mol. The molecule has 0 aliphatic carbocycles. The van der Waals surface area contributed by atoms with E-state index in [1.165, 1.54) is 0 Å². The van der Waals surface area contributed by atoms with E-state index in [2.05, 4.69) is 74.4 Å². The highest BCUT2D eigenvalue weighted by Crippen LogP contribution is 2.35. The summed E-state index contributed by atoms with van der Waals surface area (Å²) in [6, 6.07) is 46.8. The molecule has 10 rings (SSSR count). The van der Waals surface area contributed by atoms with Crippen LogP contribution in [-0.2, 0) is 22.6 Å². The largest absolute Gasteiger partial charge is 0.494 e. The van der Waals surface area contributed by atoms with E-state index in [0.29, 0.717) is 30.3 Å². The van der Waals surface area contributed by atoms with Crippen molar-refractivity contribution >= 4 is 56.4 Å². The van der Waals surface area contributed by atoms with E-state index in [0.717, 1.165) is 151 Å².